The Hall–Kier alpha value is -7.94. The average Bonchev–Trinajstić information content (AvgIpc) is 3.32. The van der Waals surface area contributed by atoms with Crippen molar-refractivity contribution in [2.24, 2.45) is 9.98 Å². The van der Waals surface area contributed by atoms with Crippen molar-refractivity contribution in [2.45, 2.75) is 0 Å². The lowest BCUT2D eigenvalue weighted by atomic mass is 9.93. The van der Waals surface area contributed by atoms with Crippen LogP contribution in [-0.2, 0) is 0 Å². The van der Waals surface area contributed by atoms with E-state index in [1.165, 1.54) is 66.1 Å². The van der Waals surface area contributed by atoms with E-state index >= 15 is 0 Å². The molecule has 0 atom stereocenters. The number of aliphatic imine (C=N–C) groups is 2. The Morgan fingerprint density at radius 2 is 0.467 bits per heavy atom. The molecule has 0 unspecified atom stereocenters. The second-order valence-corrected chi connectivity index (χ2v) is 15.4. The molecule has 280 valence electrons. The van der Waals surface area contributed by atoms with Crippen LogP contribution in [0.2, 0.25) is 0 Å². The second kappa shape index (κ2) is 15.1. The van der Waals surface area contributed by atoms with Gasteiger partial charge in [-0.05, 0) is 102 Å². The molecule has 2 nitrogen and oxygen atoms in total. The Kier molecular flexibility index (Phi) is 8.87. The number of fused-ring (bicyclic) bond motifs is 4. The summed E-state index contributed by atoms with van der Waals surface area (Å²) in [6, 6.07) is 82.3. The highest BCUT2D eigenvalue weighted by Crippen LogP contribution is 2.36. The highest BCUT2D eigenvalue weighted by molar-refractivity contribution is 6.23. The Bertz CT molecular complexity index is 3040. The molecule has 0 saturated carbocycles. The first-order chi connectivity index (χ1) is 29.7. The molecular formula is C58H38N2. The summed E-state index contributed by atoms with van der Waals surface area (Å²) in [6.07, 6.45) is 0. The molecule has 0 saturated heterocycles. The lowest BCUT2D eigenvalue weighted by Crippen LogP contribution is -2.10. The number of benzene rings is 10. The van der Waals surface area contributed by atoms with Crippen LogP contribution >= 0.6 is 0 Å². The van der Waals surface area contributed by atoms with Gasteiger partial charge in [0, 0.05) is 22.3 Å². The first-order valence-electron chi connectivity index (χ1n) is 20.5. The van der Waals surface area contributed by atoms with Crippen molar-refractivity contribution in [3.8, 4) is 44.5 Å². The van der Waals surface area contributed by atoms with Crippen LogP contribution in [0.15, 0.2) is 241 Å². The third-order valence-electron chi connectivity index (χ3n) is 11.7. The minimum absolute atomic E-state index is 0.893. The van der Waals surface area contributed by atoms with Gasteiger partial charge in [-0.25, -0.2) is 9.98 Å². The first-order valence-corrected chi connectivity index (χ1v) is 20.5. The number of rotatable bonds is 6. The van der Waals surface area contributed by atoms with Crippen molar-refractivity contribution < 1.29 is 0 Å². The molecule has 1 heterocycles. The monoisotopic (exact) mass is 762 g/mol. The Labute approximate surface area is 350 Å². The Balaban J connectivity index is 0.924. The van der Waals surface area contributed by atoms with Crippen LogP contribution in [0.4, 0.5) is 11.4 Å². The second-order valence-electron chi connectivity index (χ2n) is 15.4. The molecular weight excluding hydrogens is 725 g/mol. The minimum Gasteiger partial charge on any atom is -0.247 e. The molecule has 0 N–H and O–H groups in total. The van der Waals surface area contributed by atoms with Crippen LogP contribution in [-0.4, -0.2) is 11.4 Å². The maximum atomic E-state index is 5.46. The van der Waals surface area contributed by atoms with Gasteiger partial charge in [-0.15, -0.1) is 0 Å². The predicted octanol–water partition coefficient (Wildman–Crippen LogP) is 15.3. The Morgan fingerprint density at radius 1 is 0.200 bits per heavy atom. The maximum Gasteiger partial charge on any atom is 0.0803 e. The van der Waals surface area contributed by atoms with Crippen molar-refractivity contribution in [1.82, 2.24) is 0 Å². The van der Waals surface area contributed by atoms with Crippen LogP contribution in [0.25, 0.3) is 66.1 Å². The molecule has 0 bridgehead atoms. The summed E-state index contributed by atoms with van der Waals surface area (Å²) in [5.41, 5.74) is 17.4. The fourth-order valence-electron chi connectivity index (χ4n) is 8.46. The van der Waals surface area contributed by atoms with Gasteiger partial charge in [0.15, 0.2) is 0 Å². The largest absolute Gasteiger partial charge is 0.247 e. The maximum absolute atomic E-state index is 5.46. The molecule has 10 aromatic rings. The van der Waals surface area contributed by atoms with Gasteiger partial charge in [-0.3, -0.25) is 0 Å². The van der Waals surface area contributed by atoms with Crippen molar-refractivity contribution in [3.05, 3.63) is 253 Å². The van der Waals surface area contributed by atoms with Crippen molar-refractivity contribution in [1.29, 1.82) is 0 Å². The third-order valence-corrected chi connectivity index (χ3v) is 11.7. The van der Waals surface area contributed by atoms with Crippen LogP contribution in [0.5, 0.6) is 0 Å². The average molecular weight is 763 g/mol. The number of hydrogen-bond donors (Lipinski definition) is 0. The molecule has 0 aliphatic carbocycles. The molecule has 60 heavy (non-hydrogen) atoms. The molecule has 1 aliphatic rings. The highest BCUT2D eigenvalue weighted by atomic mass is 14.8. The van der Waals surface area contributed by atoms with E-state index in [-0.39, 0.29) is 0 Å². The molecule has 0 radical (unpaired) electrons. The van der Waals surface area contributed by atoms with E-state index in [1.807, 2.05) is 0 Å². The van der Waals surface area contributed by atoms with Crippen molar-refractivity contribution in [3.63, 3.8) is 0 Å². The van der Waals surface area contributed by atoms with Gasteiger partial charge < -0.3 is 0 Å². The summed E-state index contributed by atoms with van der Waals surface area (Å²) in [7, 11) is 0. The predicted molar refractivity (Wildman–Crippen MR) is 253 cm³/mol. The van der Waals surface area contributed by atoms with E-state index in [9.17, 15) is 0 Å². The zero-order chi connectivity index (χ0) is 39.8. The van der Waals surface area contributed by atoms with Gasteiger partial charge in [0.1, 0.15) is 0 Å². The van der Waals surface area contributed by atoms with Gasteiger partial charge in [0.25, 0.3) is 0 Å². The zero-order valence-corrected chi connectivity index (χ0v) is 32.8. The van der Waals surface area contributed by atoms with Gasteiger partial charge in [0.2, 0.25) is 0 Å². The molecule has 11 rings (SSSR count). The number of hydrogen-bond acceptors (Lipinski definition) is 2. The van der Waals surface area contributed by atoms with Crippen LogP contribution in [0, 0.1) is 0 Å². The smallest absolute Gasteiger partial charge is 0.0803 e. The van der Waals surface area contributed by atoms with E-state index in [0.717, 1.165) is 45.1 Å². The van der Waals surface area contributed by atoms with Crippen molar-refractivity contribution in [2.75, 3.05) is 0 Å². The standard InChI is InChI=1S/C58H38N2/c1-3-11-39(12-4-1)41-19-23-43(24-20-41)45-27-29-49-37-51(33-31-47(49)35-45)57-53-15-7-9-17-55(53)60-58(54-16-8-10-18-56(54)59-57)52-34-32-48-36-46(28-30-50(48)38-52)44-25-21-42(22-26-44)40-13-5-2-6-14-40/h1-38H/b57-53?,58-54?,59-56?,59-57-,60-55?,60-58-. The molecule has 0 fully saturated rings. The zero-order valence-electron chi connectivity index (χ0n) is 32.8. The quantitative estimate of drug-likeness (QED) is 0.161. The van der Waals surface area contributed by atoms with Crippen LogP contribution in [0.1, 0.15) is 22.3 Å². The fraction of sp³-hybridized carbons (Fsp3) is 0. The van der Waals surface area contributed by atoms with Gasteiger partial charge in [-0.1, -0.05) is 194 Å². The van der Waals surface area contributed by atoms with Gasteiger partial charge in [-0.2, -0.15) is 0 Å². The lowest BCUT2D eigenvalue weighted by molar-refractivity contribution is 1.39. The van der Waals surface area contributed by atoms with Crippen LogP contribution in [0.3, 0.4) is 0 Å². The van der Waals surface area contributed by atoms with Crippen molar-refractivity contribution >= 4 is 44.3 Å². The van der Waals surface area contributed by atoms with Gasteiger partial charge in [0.05, 0.1) is 22.8 Å². The molecule has 0 spiro atoms. The minimum atomic E-state index is 0.893. The summed E-state index contributed by atoms with van der Waals surface area (Å²) < 4.78 is 0. The number of nitrogens with zero attached hydrogens (tertiary/aromatic N) is 2. The number of para-hydroxylation sites is 2. The molecule has 2 heteroatoms. The summed E-state index contributed by atoms with van der Waals surface area (Å²) in [6.45, 7) is 0. The normalized spacial score (nSPS) is 13.9. The van der Waals surface area contributed by atoms with E-state index in [4.69, 9.17) is 9.98 Å². The summed E-state index contributed by atoms with van der Waals surface area (Å²) >= 11 is 0. The third kappa shape index (κ3) is 6.70. The Morgan fingerprint density at radius 3 is 0.850 bits per heavy atom. The van der Waals surface area contributed by atoms with Gasteiger partial charge >= 0.3 is 0 Å². The van der Waals surface area contributed by atoms with E-state index in [0.29, 0.717) is 0 Å². The first kappa shape index (κ1) is 35.2. The molecule has 0 aromatic heterocycles. The fourth-order valence-corrected chi connectivity index (χ4v) is 8.46. The van der Waals surface area contributed by atoms with Crippen LogP contribution < -0.4 is 0 Å². The van der Waals surface area contributed by atoms with E-state index in [1.54, 1.807) is 0 Å². The topological polar surface area (TPSA) is 24.7 Å². The molecule has 10 aromatic carbocycles. The lowest BCUT2D eigenvalue weighted by Gasteiger charge is -2.18. The molecule has 1 aliphatic heterocycles. The van der Waals surface area contributed by atoms with E-state index < -0.39 is 0 Å². The highest BCUT2D eigenvalue weighted by Gasteiger charge is 2.20. The SMILES string of the molecule is c1ccc(-c2ccc(-c3ccc4cc(/C5=N/c6ccccc6/C(c6ccc7cc(-c8ccc(-c9ccccc9)cc8)ccc7c6)=N\c6ccccc65)ccc4c3)cc2)cc1. The molecule has 0 amide bonds. The summed E-state index contributed by atoms with van der Waals surface area (Å²) in [5.74, 6) is 0. The summed E-state index contributed by atoms with van der Waals surface area (Å²) in [5, 5.41) is 4.71. The summed E-state index contributed by atoms with van der Waals surface area (Å²) in [4.78, 5) is 10.9. The van der Waals surface area contributed by atoms with E-state index in [2.05, 4.69) is 231 Å².